The second kappa shape index (κ2) is 6.15. The number of hydrogen-bond donors (Lipinski definition) is 0. The van der Waals surface area contributed by atoms with Crippen molar-refractivity contribution >= 4 is 5.91 Å². The summed E-state index contributed by atoms with van der Waals surface area (Å²) >= 11 is 0. The van der Waals surface area contributed by atoms with Gasteiger partial charge in [0.05, 0.1) is 11.6 Å². The van der Waals surface area contributed by atoms with Crippen molar-refractivity contribution in [2.75, 3.05) is 13.7 Å². The Labute approximate surface area is 114 Å². The molecule has 0 aliphatic heterocycles. The zero-order valence-corrected chi connectivity index (χ0v) is 12.2. The van der Waals surface area contributed by atoms with Crippen molar-refractivity contribution in [3.63, 3.8) is 0 Å². The van der Waals surface area contributed by atoms with Gasteiger partial charge >= 0.3 is 0 Å². The minimum Gasteiger partial charge on any atom is -0.366 e. The fourth-order valence-corrected chi connectivity index (χ4v) is 1.62. The molecule has 0 bridgehead atoms. The highest BCUT2D eigenvalue weighted by Gasteiger charge is 2.21. The number of likely N-dealkylation sites (N-methyl/N-ethyl adjacent to an activating group) is 1. The van der Waals surface area contributed by atoms with E-state index in [1.165, 1.54) is 11.0 Å². The quantitative estimate of drug-likeness (QED) is 0.838. The summed E-state index contributed by atoms with van der Waals surface area (Å²) in [6.07, 6.45) is 0. The molecular formula is C15H22FNO2. The zero-order valence-electron chi connectivity index (χ0n) is 12.2. The zero-order chi connectivity index (χ0) is 14.6. The van der Waals surface area contributed by atoms with Crippen LogP contribution in [0, 0.1) is 5.82 Å². The predicted octanol–water partition coefficient (Wildman–Crippen LogP) is 3.16. The highest BCUT2D eigenvalue weighted by molar-refractivity contribution is 5.77. The maximum Gasteiger partial charge on any atom is 0.248 e. The van der Waals surface area contributed by atoms with Crippen LogP contribution in [0.3, 0.4) is 0 Å². The summed E-state index contributed by atoms with van der Waals surface area (Å²) in [7, 11) is 1.66. The Morgan fingerprint density at radius 3 is 2.47 bits per heavy atom. The Kier molecular flexibility index (Phi) is 5.06. The van der Waals surface area contributed by atoms with Crippen molar-refractivity contribution in [2.24, 2.45) is 0 Å². The van der Waals surface area contributed by atoms with Crippen molar-refractivity contribution in [1.29, 1.82) is 0 Å². The molecule has 0 N–H and O–H groups in total. The lowest BCUT2D eigenvalue weighted by Gasteiger charge is -2.27. The van der Waals surface area contributed by atoms with Crippen molar-refractivity contribution in [3.05, 3.63) is 35.6 Å². The third-order valence-electron chi connectivity index (χ3n) is 2.96. The van der Waals surface area contributed by atoms with Crippen LogP contribution < -0.4 is 0 Å². The van der Waals surface area contributed by atoms with Crippen LogP contribution in [0.2, 0.25) is 0 Å². The number of ether oxygens (including phenoxy) is 1. The van der Waals surface area contributed by atoms with E-state index in [4.69, 9.17) is 4.74 Å². The first-order chi connectivity index (χ1) is 8.72. The molecule has 19 heavy (non-hydrogen) atoms. The second-order valence-electron chi connectivity index (χ2n) is 5.60. The molecule has 0 saturated carbocycles. The maximum atomic E-state index is 13.7. The van der Waals surface area contributed by atoms with E-state index in [9.17, 15) is 9.18 Å². The monoisotopic (exact) mass is 267 g/mol. The molecule has 1 amide bonds. The minimum atomic E-state index is -0.363. The van der Waals surface area contributed by atoms with E-state index in [2.05, 4.69) is 0 Å². The molecule has 0 aromatic heterocycles. The highest BCUT2D eigenvalue weighted by Crippen LogP contribution is 2.21. The molecule has 1 aromatic rings. The van der Waals surface area contributed by atoms with E-state index in [0.717, 1.165) is 0 Å². The summed E-state index contributed by atoms with van der Waals surface area (Å²) in [5, 5.41) is 0. The largest absolute Gasteiger partial charge is 0.366 e. The van der Waals surface area contributed by atoms with Crippen LogP contribution in [-0.4, -0.2) is 30.1 Å². The molecule has 106 valence electrons. The minimum absolute atomic E-state index is 0.00120. The number of carbonyl (C=O) groups is 1. The third-order valence-corrected chi connectivity index (χ3v) is 2.96. The Hall–Kier alpha value is -1.42. The van der Waals surface area contributed by atoms with Gasteiger partial charge in [0, 0.05) is 12.6 Å². The molecule has 0 spiro atoms. The van der Waals surface area contributed by atoms with Crippen molar-refractivity contribution in [2.45, 2.75) is 39.3 Å². The van der Waals surface area contributed by atoms with Gasteiger partial charge < -0.3 is 9.64 Å². The van der Waals surface area contributed by atoms with E-state index >= 15 is 0 Å². The van der Waals surface area contributed by atoms with E-state index in [-0.39, 0.29) is 30.0 Å². The SMILES string of the molecule is CC(c1ccccc1F)N(C)C(=O)COC(C)(C)C. The molecule has 3 nitrogen and oxygen atoms in total. The van der Waals surface area contributed by atoms with Gasteiger partial charge in [-0.25, -0.2) is 4.39 Å². The molecule has 0 aliphatic carbocycles. The third kappa shape index (κ3) is 4.63. The standard InChI is InChI=1S/C15H22FNO2/c1-11(12-8-6-7-9-13(12)16)17(5)14(18)10-19-15(2,3)4/h6-9,11H,10H2,1-5H3. The van der Waals surface area contributed by atoms with Crippen LogP contribution in [-0.2, 0) is 9.53 Å². The van der Waals surface area contributed by atoms with E-state index < -0.39 is 0 Å². The van der Waals surface area contributed by atoms with E-state index in [1.807, 2.05) is 20.8 Å². The summed E-state index contributed by atoms with van der Waals surface area (Å²) < 4.78 is 19.1. The molecule has 1 rings (SSSR count). The number of rotatable bonds is 4. The van der Waals surface area contributed by atoms with Crippen LogP contribution in [0.25, 0.3) is 0 Å². The van der Waals surface area contributed by atoms with Crippen LogP contribution in [0.15, 0.2) is 24.3 Å². The molecule has 1 atom stereocenters. The maximum absolute atomic E-state index is 13.7. The van der Waals surface area contributed by atoms with Gasteiger partial charge in [0.15, 0.2) is 0 Å². The smallest absolute Gasteiger partial charge is 0.248 e. The summed E-state index contributed by atoms with van der Waals surface area (Å²) in [5.74, 6) is -0.461. The summed E-state index contributed by atoms with van der Waals surface area (Å²) in [4.78, 5) is 13.5. The van der Waals surface area contributed by atoms with E-state index in [0.29, 0.717) is 5.56 Å². The average molecular weight is 267 g/mol. The van der Waals surface area contributed by atoms with Gasteiger partial charge in [0.1, 0.15) is 12.4 Å². The second-order valence-corrected chi connectivity index (χ2v) is 5.60. The Morgan fingerprint density at radius 1 is 1.37 bits per heavy atom. The van der Waals surface area contributed by atoms with Crippen LogP contribution in [0.5, 0.6) is 0 Å². The van der Waals surface area contributed by atoms with Crippen LogP contribution in [0.1, 0.15) is 39.3 Å². The molecule has 0 aliphatic rings. The average Bonchev–Trinajstić information content (AvgIpc) is 2.34. The first kappa shape index (κ1) is 15.6. The molecule has 1 unspecified atom stereocenters. The van der Waals surface area contributed by atoms with E-state index in [1.54, 1.807) is 32.2 Å². The highest BCUT2D eigenvalue weighted by atomic mass is 19.1. The number of carbonyl (C=O) groups excluding carboxylic acids is 1. The number of amides is 1. The summed E-state index contributed by atoms with van der Waals surface area (Å²) in [6, 6.07) is 6.16. The van der Waals surface area contributed by atoms with Crippen LogP contribution >= 0.6 is 0 Å². The number of hydrogen-bond acceptors (Lipinski definition) is 2. The predicted molar refractivity (Wildman–Crippen MR) is 73.3 cm³/mol. The molecule has 1 aromatic carbocycles. The van der Waals surface area contributed by atoms with Gasteiger partial charge in [0.25, 0.3) is 0 Å². The Bertz CT molecular complexity index is 440. The lowest BCUT2D eigenvalue weighted by molar-refractivity contribution is -0.141. The molecule has 0 fully saturated rings. The van der Waals surface area contributed by atoms with Crippen molar-refractivity contribution in [3.8, 4) is 0 Å². The first-order valence-corrected chi connectivity index (χ1v) is 6.36. The first-order valence-electron chi connectivity index (χ1n) is 6.36. The van der Waals surface area contributed by atoms with Crippen molar-refractivity contribution in [1.82, 2.24) is 4.90 Å². The van der Waals surface area contributed by atoms with Gasteiger partial charge in [-0.15, -0.1) is 0 Å². The van der Waals surface area contributed by atoms with Gasteiger partial charge in [-0.1, -0.05) is 18.2 Å². The topological polar surface area (TPSA) is 29.5 Å². The van der Waals surface area contributed by atoms with Gasteiger partial charge in [-0.3, -0.25) is 4.79 Å². The lowest BCUT2D eigenvalue weighted by Crippen LogP contribution is -2.35. The van der Waals surface area contributed by atoms with Gasteiger partial charge in [-0.05, 0) is 33.8 Å². The summed E-state index contributed by atoms with van der Waals surface area (Å²) in [6.45, 7) is 7.47. The number of halogens is 1. The Balaban J connectivity index is 2.69. The molecule has 0 radical (unpaired) electrons. The van der Waals surface area contributed by atoms with Gasteiger partial charge in [-0.2, -0.15) is 0 Å². The number of benzene rings is 1. The molecule has 0 saturated heterocycles. The fourth-order valence-electron chi connectivity index (χ4n) is 1.62. The lowest BCUT2D eigenvalue weighted by atomic mass is 10.1. The van der Waals surface area contributed by atoms with Crippen molar-refractivity contribution < 1.29 is 13.9 Å². The fraction of sp³-hybridized carbons (Fsp3) is 0.533. The molecular weight excluding hydrogens is 245 g/mol. The normalized spacial score (nSPS) is 13.2. The summed E-state index contributed by atoms with van der Waals surface area (Å²) in [5.41, 5.74) is 0.145. The van der Waals surface area contributed by atoms with Crippen LogP contribution in [0.4, 0.5) is 4.39 Å². The Morgan fingerprint density at radius 2 is 1.95 bits per heavy atom. The molecule has 4 heteroatoms. The number of nitrogens with zero attached hydrogens (tertiary/aromatic N) is 1. The molecule has 0 heterocycles. The van der Waals surface area contributed by atoms with Gasteiger partial charge in [0.2, 0.25) is 5.91 Å².